The molecule has 1 unspecified atom stereocenters. The van der Waals surface area contributed by atoms with E-state index in [1.165, 1.54) is 4.90 Å². The second-order valence-electron chi connectivity index (χ2n) is 6.62. The van der Waals surface area contributed by atoms with Gasteiger partial charge in [0.05, 0.1) is 12.8 Å². The van der Waals surface area contributed by atoms with Crippen LogP contribution < -0.4 is 0 Å². The van der Waals surface area contributed by atoms with Gasteiger partial charge in [-0.1, -0.05) is 57.5 Å². The third kappa shape index (κ3) is 3.63. The summed E-state index contributed by atoms with van der Waals surface area (Å²) in [6, 6.07) is 8.86. The van der Waals surface area contributed by atoms with Crippen molar-refractivity contribution >= 4 is 11.7 Å². The quantitative estimate of drug-likeness (QED) is 0.561. The topological polar surface area (TPSA) is 75.8 Å². The summed E-state index contributed by atoms with van der Waals surface area (Å²) in [5.74, 6) is 0.0115. The van der Waals surface area contributed by atoms with E-state index in [1.54, 1.807) is 0 Å². The molecule has 2 rings (SSSR count). The molecule has 1 heterocycles. The molecule has 6 nitrogen and oxygen atoms in total. The second-order valence-corrected chi connectivity index (χ2v) is 6.62. The van der Waals surface area contributed by atoms with Crippen LogP contribution in [0.4, 0.5) is 4.79 Å². The fourth-order valence-electron chi connectivity index (χ4n) is 3.05. The molecule has 2 amide bonds. The first-order chi connectivity index (χ1) is 11.4. The van der Waals surface area contributed by atoms with Crippen molar-refractivity contribution in [2.75, 3.05) is 6.54 Å². The van der Waals surface area contributed by atoms with Crippen LogP contribution in [0.5, 0.6) is 0 Å². The van der Waals surface area contributed by atoms with Crippen LogP contribution in [0, 0.1) is 16.0 Å². The number of carbonyl (C=O) groups excluding carboxylic acids is 1. The molecular formula is C18H25N3O3. The highest BCUT2D eigenvalue weighted by Crippen LogP contribution is 2.32. The molecule has 0 saturated heterocycles. The number of nitrogens with zero attached hydrogens (tertiary/aromatic N) is 3. The lowest BCUT2D eigenvalue weighted by molar-refractivity contribution is -0.595. The Morgan fingerprint density at radius 3 is 2.54 bits per heavy atom. The Labute approximate surface area is 142 Å². The summed E-state index contributed by atoms with van der Waals surface area (Å²) in [5.41, 5.74) is 0.0171. The molecule has 24 heavy (non-hydrogen) atoms. The number of amides is 2. The number of nitro groups is 1. The van der Waals surface area contributed by atoms with Crippen molar-refractivity contribution in [2.45, 2.75) is 52.1 Å². The van der Waals surface area contributed by atoms with Crippen molar-refractivity contribution in [2.24, 2.45) is 10.9 Å². The minimum Gasteiger partial charge on any atom is -0.262 e. The van der Waals surface area contributed by atoms with Crippen LogP contribution in [-0.2, 0) is 6.42 Å². The maximum atomic E-state index is 12.6. The van der Waals surface area contributed by atoms with Crippen molar-refractivity contribution in [1.29, 1.82) is 0 Å². The number of urea groups is 1. The second kappa shape index (κ2) is 7.55. The highest BCUT2D eigenvalue weighted by molar-refractivity contribution is 5.99. The van der Waals surface area contributed by atoms with Crippen LogP contribution in [0.3, 0.4) is 0 Å². The summed E-state index contributed by atoms with van der Waals surface area (Å²) >= 11 is 0. The lowest BCUT2D eigenvalue weighted by Crippen LogP contribution is -2.61. The SMILES string of the molecule is CCCCN1C(=O)N=C(C(C)C)CC1(Cc1ccccc1)[N+](=O)[O-]. The van der Waals surface area contributed by atoms with Gasteiger partial charge in [-0.15, -0.1) is 0 Å². The number of rotatable bonds is 7. The van der Waals surface area contributed by atoms with Crippen LogP contribution in [-0.4, -0.2) is 33.8 Å². The van der Waals surface area contributed by atoms with Crippen molar-refractivity contribution in [3.8, 4) is 0 Å². The molecule has 1 aromatic carbocycles. The summed E-state index contributed by atoms with van der Waals surface area (Å²) in [6.45, 7) is 6.20. The number of carbonyl (C=O) groups is 1. The molecule has 130 valence electrons. The lowest BCUT2D eigenvalue weighted by atomic mass is 9.87. The molecule has 0 bridgehead atoms. The van der Waals surface area contributed by atoms with E-state index < -0.39 is 11.7 Å². The monoisotopic (exact) mass is 331 g/mol. The van der Waals surface area contributed by atoms with Crippen molar-refractivity contribution < 1.29 is 9.72 Å². The summed E-state index contributed by atoms with van der Waals surface area (Å²) in [5, 5.41) is 12.1. The Hall–Kier alpha value is -2.24. The molecular weight excluding hydrogens is 306 g/mol. The van der Waals surface area contributed by atoms with Crippen LogP contribution >= 0.6 is 0 Å². The number of unbranched alkanes of at least 4 members (excludes halogenated alkanes) is 1. The van der Waals surface area contributed by atoms with E-state index in [1.807, 2.05) is 51.1 Å². The molecule has 0 aromatic heterocycles. The normalized spacial score (nSPS) is 21.1. The van der Waals surface area contributed by atoms with Gasteiger partial charge >= 0.3 is 11.7 Å². The number of hydrogen-bond acceptors (Lipinski definition) is 3. The Balaban J connectivity index is 2.47. The zero-order valence-electron chi connectivity index (χ0n) is 14.6. The molecule has 0 fully saturated rings. The van der Waals surface area contributed by atoms with E-state index in [4.69, 9.17) is 0 Å². The average Bonchev–Trinajstić information content (AvgIpc) is 2.54. The molecule has 1 aliphatic heterocycles. The minimum absolute atomic E-state index is 0.0115. The summed E-state index contributed by atoms with van der Waals surface area (Å²) < 4.78 is 0. The molecule has 0 spiro atoms. The molecule has 0 radical (unpaired) electrons. The van der Waals surface area contributed by atoms with Crippen LogP contribution in [0.2, 0.25) is 0 Å². The first-order valence-corrected chi connectivity index (χ1v) is 8.48. The number of hydrogen-bond donors (Lipinski definition) is 0. The Bertz CT molecular complexity index is 628. The Kier molecular flexibility index (Phi) is 5.70. The van der Waals surface area contributed by atoms with Gasteiger partial charge in [-0.2, -0.15) is 0 Å². The molecule has 0 aliphatic carbocycles. The molecule has 1 atom stereocenters. The summed E-state index contributed by atoms with van der Waals surface area (Å²) in [7, 11) is 0. The third-order valence-corrected chi connectivity index (χ3v) is 4.51. The predicted octanol–water partition coefficient (Wildman–Crippen LogP) is 3.92. The van der Waals surface area contributed by atoms with Crippen molar-refractivity contribution in [3.05, 3.63) is 46.0 Å². The van der Waals surface area contributed by atoms with E-state index in [0.717, 1.165) is 18.4 Å². The fraction of sp³-hybridized carbons (Fsp3) is 0.556. The molecule has 1 aromatic rings. The van der Waals surface area contributed by atoms with Gasteiger partial charge in [-0.3, -0.25) is 15.0 Å². The maximum absolute atomic E-state index is 12.6. The van der Waals surface area contributed by atoms with Gasteiger partial charge in [-0.05, 0) is 17.9 Å². The van der Waals surface area contributed by atoms with Crippen molar-refractivity contribution in [1.82, 2.24) is 4.90 Å². The average molecular weight is 331 g/mol. The first-order valence-electron chi connectivity index (χ1n) is 8.48. The van der Waals surface area contributed by atoms with Crippen molar-refractivity contribution in [3.63, 3.8) is 0 Å². The Morgan fingerprint density at radius 2 is 2.00 bits per heavy atom. The van der Waals surface area contributed by atoms with Gasteiger partial charge in [0.1, 0.15) is 0 Å². The van der Waals surface area contributed by atoms with Crippen LogP contribution in [0.1, 0.15) is 45.6 Å². The van der Waals surface area contributed by atoms with E-state index in [9.17, 15) is 14.9 Å². The highest BCUT2D eigenvalue weighted by Gasteiger charge is 2.54. The van der Waals surface area contributed by atoms with E-state index >= 15 is 0 Å². The molecule has 0 N–H and O–H groups in total. The van der Waals surface area contributed by atoms with Gasteiger partial charge < -0.3 is 0 Å². The highest BCUT2D eigenvalue weighted by atomic mass is 16.6. The maximum Gasteiger partial charge on any atom is 0.348 e. The molecule has 1 aliphatic rings. The Morgan fingerprint density at radius 1 is 1.33 bits per heavy atom. The zero-order valence-corrected chi connectivity index (χ0v) is 14.6. The zero-order chi connectivity index (χ0) is 17.7. The smallest absolute Gasteiger partial charge is 0.262 e. The third-order valence-electron chi connectivity index (χ3n) is 4.51. The van der Waals surface area contributed by atoms with E-state index in [0.29, 0.717) is 12.3 Å². The van der Waals surface area contributed by atoms with Gasteiger partial charge in [0.25, 0.3) is 0 Å². The van der Waals surface area contributed by atoms with Gasteiger partial charge in [0.15, 0.2) is 0 Å². The first kappa shape index (κ1) is 18.1. The summed E-state index contributed by atoms with van der Waals surface area (Å²) in [4.78, 5) is 29.9. The summed E-state index contributed by atoms with van der Waals surface area (Å²) in [6.07, 6.45) is 1.97. The van der Waals surface area contributed by atoms with E-state index in [2.05, 4.69) is 4.99 Å². The van der Waals surface area contributed by atoms with Crippen LogP contribution in [0.15, 0.2) is 35.3 Å². The fourth-order valence-corrected chi connectivity index (χ4v) is 3.05. The number of aliphatic imine (C=N–C) groups is 1. The predicted molar refractivity (Wildman–Crippen MR) is 93.8 cm³/mol. The van der Waals surface area contributed by atoms with Gasteiger partial charge in [-0.25, -0.2) is 9.79 Å². The van der Waals surface area contributed by atoms with Gasteiger partial charge in [0, 0.05) is 17.2 Å². The van der Waals surface area contributed by atoms with E-state index in [-0.39, 0.29) is 23.7 Å². The van der Waals surface area contributed by atoms with Crippen LogP contribution in [0.25, 0.3) is 0 Å². The molecule has 0 saturated carbocycles. The lowest BCUT2D eigenvalue weighted by Gasteiger charge is -2.39. The largest absolute Gasteiger partial charge is 0.348 e. The molecule has 6 heteroatoms. The van der Waals surface area contributed by atoms with Gasteiger partial charge in [0.2, 0.25) is 0 Å². The minimum atomic E-state index is -1.45. The standard InChI is InChI=1S/C18H25N3O3/c1-4-5-11-20-17(22)19-16(14(2)3)13-18(20,21(23)24)12-15-9-7-6-8-10-15/h6-10,14H,4-5,11-13H2,1-3H3. The number of benzene rings is 1.